The predicted octanol–water partition coefficient (Wildman–Crippen LogP) is 2.90. The van der Waals surface area contributed by atoms with Crippen molar-refractivity contribution in [2.75, 3.05) is 16.4 Å². The molecule has 136 valence electrons. The summed E-state index contributed by atoms with van der Waals surface area (Å²) in [5.41, 5.74) is 2.11. The SMILES string of the molecule is CCc1ccccc1N1C(=NC(=O)CC(C)C)S[C@H]2CS(=O)(=O)C[C@@H]21. The van der Waals surface area contributed by atoms with Gasteiger partial charge < -0.3 is 4.90 Å². The van der Waals surface area contributed by atoms with Crippen LogP contribution in [0.3, 0.4) is 0 Å². The molecule has 25 heavy (non-hydrogen) atoms. The Kier molecular flexibility index (Phi) is 5.25. The van der Waals surface area contributed by atoms with E-state index in [0.29, 0.717) is 11.6 Å². The monoisotopic (exact) mass is 380 g/mol. The fourth-order valence-corrected chi connectivity index (χ4v) is 7.32. The maximum Gasteiger partial charge on any atom is 0.248 e. The molecule has 0 N–H and O–H groups in total. The van der Waals surface area contributed by atoms with E-state index in [1.54, 1.807) is 0 Å². The lowest BCUT2D eigenvalue weighted by Gasteiger charge is -2.26. The van der Waals surface area contributed by atoms with Gasteiger partial charge in [-0.3, -0.25) is 4.79 Å². The molecule has 0 bridgehead atoms. The molecule has 2 aliphatic rings. The normalized spacial score (nSPS) is 26.4. The Labute approximate surface area is 153 Å². The number of anilines is 1. The predicted molar refractivity (Wildman–Crippen MR) is 104 cm³/mol. The average Bonchev–Trinajstić information content (AvgIpc) is 2.97. The summed E-state index contributed by atoms with van der Waals surface area (Å²) < 4.78 is 24.2. The molecule has 2 fully saturated rings. The van der Waals surface area contributed by atoms with Crippen LogP contribution in [-0.4, -0.2) is 42.3 Å². The molecule has 0 aromatic heterocycles. The maximum absolute atomic E-state index is 12.2. The largest absolute Gasteiger partial charge is 0.315 e. The number of hydrogen-bond acceptors (Lipinski definition) is 4. The number of sulfone groups is 1. The number of thioether (sulfide) groups is 1. The first kappa shape index (κ1) is 18.5. The highest BCUT2D eigenvalue weighted by Crippen LogP contribution is 2.42. The number of nitrogens with zero attached hydrogens (tertiary/aromatic N) is 2. The molecule has 0 spiro atoms. The standard InChI is InChI=1S/C18H24N2O3S2/c1-4-13-7-5-6-8-14(13)20-15-10-25(22,23)11-16(15)24-18(20)19-17(21)9-12(2)3/h5-8,12,15-16H,4,9-11H2,1-3H3/t15-,16-/m0/s1. The Balaban J connectivity index is 2.01. The minimum Gasteiger partial charge on any atom is -0.315 e. The van der Waals surface area contributed by atoms with E-state index < -0.39 is 9.84 Å². The van der Waals surface area contributed by atoms with Gasteiger partial charge in [0.15, 0.2) is 15.0 Å². The molecular weight excluding hydrogens is 356 g/mol. The van der Waals surface area contributed by atoms with Gasteiger partial charge in [-0.25, -0.2) is 8.42 Å². The summed E-state index contributed by atoms with van der Waals surface area (Å²) in [4.78, 5) is 18.6. The van der Waals surface area contributed by atoms with Crippen molar-refractivity contribution in [1.82, 2.24) is 0 Å². The van der Waals surface area contributed by atoms with Crippen LogP contribution in [0.5, 0.6) is 0 Å². The van der Waals surface area contributed by atoms with Gasteiger partial charge in [0.25, 0.3) is 0 Å². The molecule has 2 heterocycles. The third-order valence-corrected chi connectivity index (χ3v) is 7.71. The van der Waals surface area contributed by atoms with Crippen LogP contribution in [0, 0.1) is 5.92 Å². The summed E-state index contributed by atoms with van der Waals surface area (Å²) >= 11 is 1.44. The molecule has 0 aliphatic carbocycles. The fraction of sp³-hybridized carbons (Fsp3) is 0.556. The van der Waals surface area contributed by atoms with Crippen molar-refractivity contribution in [3.63, 3.8) is 0 Å². The van der Waals surface area contributed by atoms with Crippen LogP contribution in [0.4, 0.5) is 5.69 Å². The quantitative estimate of drug-likeness (QED) is 0.803. The number of carbonyl (C=O) groups is 1. The van der Waals surface area contributed by atoms with E-state index >= 15 is 0 Å². The highest BCUT2D eigenvalue weighted by molar-refractivity contribution is 8.16. The van der Waals surface area contributed by atoms with Crippen molar-refractivity contribution in [1.29, 1.82) is 0 Å². The Morgan fingerprint density at radius 3 is 2.72 bits per heavy atom. The number of hydrogen-bond donors (Lipinski definition) is 0. The molecular formula is C18H24N2O3S2. The number of benzene rings is 1. The minimum absolute atomic E-state index is 0.0551. The van der Waals surface area contributed by atoms with Crippen molar-refractivity contribution in [2.45, 2.75) is 44.9 Å². The number of aryl methyl sites for hydroxylation is 1. The van der Waals surface area contributed by atoms with Crippen LogP contribution in [0.1, 0.15) is 32.8 Å². The highest BCUT2D eigenvalue weighted by atomic mass is 32.2. The van der Waals surface area contributed by atoms with E-state index in [9.17, 15) is 13.2 Å². The number of amidine groups is 1. The summed E-state index contributed by atoms with van der Waals surface area (Å²) in [6.45, 7) is 6.06. The third kappa shape index (κ3) is 3.92. The van der Waals surface area contributed by atoms with Crippen molar-refractivity contribution in [3.05, 3.63) is 29.8 Å². The van der Waals surface area contributed by atoms with Gasteiger partial charge in [0.05, 0.1) is 17.5 Å². The van der Waals surface area contributed by atoms with Gasteiger partial charge in [-0.1, -0.05) is 50.7 Å². The van der Waals surface area contributed by atoms with Gasteiger partial charge >= 0.3 is 0 Å². The van der Waals surface area contributed by atoms with Crippen LogP contribution >= 0.6 is 11.8 Å². The summed E-state index contributed by atoms with van der Waals surface area (Å²) in [6.07, 6.45) is 1.25. The number of carbonyl (C=O) groups excluding carboxylic acids is 1. The Morgan fingerprint density at radius 2 is 2.04 bits per heavy atom. The number of fused-ring (bicyclic) bond motifs is 1. The minimum atomic E-state index is -3.04. The second kappa shape index (κ2) is 7.11. The summed E-state index contributed by atoms with van der Waals surface area (Å²) in [7, 11) is -3.04. The number of para-hydroxylation sites is 1. The van der Waals surface area contributed by atoms with Gasteiger partial charge in [-0.05, 0) is 24.0 Å². The molecule has 3 rings (SSSR count). The summed E-state index contributed by atoms with van der Waals surface area (Å²) in [6, 6.07) is 7.83. The zero-order chi connectivity index (χ0) is 18.2. The zero-order valence-electron chi connectivity index (χ0n) is 14.8. The van der Waals surface area contributed by atoms with E-state index in [4.69, 9.17) is 0 Å². The highest BCUT2D eigenvalue weighted by Gasteiger charge is 2.49. The second-order valence-electron chi connectivity index (χ2n) is 7.04. The molecule has 1 amide bonds. The van der Waals surface area contributed by atoms with Crippen LogP contribution < -0.4 is 4.90 Å². The van der Waals surface area contributed by atoms with Gasteiger partial charge in [0.1, 0.15) is 0 Å². The molecule has 2 atom stereocenters. The topological polar surface area (TPSA) is 66.8 Å². The van der Waals surface area contributed by atoms with Crippen LogP contribution in [0.25, 0.3) is 0 Å². The van der Waals surface area contributed by atoms with Crippen molar-refractivity contribution < 1.29 is 13.2 Å². The van der Waals surface area contributed by atoms with Crippen molar-refractivity contribution in [2.24, 2.45) is 10.9 Å². The second-order valence-corrected chi connectivity index (χ2v) is 10.4. The molecule has 1 aromatic carbocycles. The molecule has 2 saturated heterocycles. The van der Waals surface area contributed by atoms with Gasteiger partial charge in [0.2, 0.25) is 5.91 Å². The average molecular weight is 381 g/mol. The Morgan fingerprint density at radius 1 is 1.32 bits per heavy atom. The van der Waals surface area contributed by atoms with E-state index in [-0.39, 0.29) is 34.6 Å². The maximum atomic E-state index is 12.2. The van der Waals surface area contributed by atoms with E-state index in [2.05, 4.69) is 11.9 Å². The lowest BCUT2D eigenvalue weighted by atomic mass is 10.1. The number of rotatable bonds is 4. The fourth-order valence-electron chi connectivity index (χ4n) is 3.39. The van der Waals surface area contributed by atoms with Crippen LogP contribution in [0.15, 0.2) is 29.3 Å². The summed E-state index contributed by atoms with van der Waals surface area (Å²) in [5.74, 6) is 0.392. The molecule has 1 aromatic rings. The molecule has 5 nitrogen and oxygen atoms in total. The van der Waals surface area contributed by atoms with Gasteiger partial charge in [0, 0.05) is 17.4 Å². The van der Waals surface area contributed by atoms with Crippen molar-refractivity contribution >= 4 is 38.4 Å². The van der Waals surface area contributed by atoms with Gasteiger partial charge in [-0.15, -0.1) is 0 Å². The molecule has 0 unspecified atom stereocenters. The molecule has 0 saturated carbocycles. The zero-order valence-corrected chi connectivity index (χ0v) is 16.4. The number of aliphatic imine (C=N–C) groups is 1. The Hall–Kier alpha value is -1.34. The lowest BCUT2D eigenvalue weighted by molar-refractivity contribution is -0.118. The smallest absolute Gasteiger partial charge is 0.248 e. The van der Waals surface area contributed by atoms with E-state index in [0.717, 1.165) is 17.7 Å². The first-order valence-electron chi connectivity index (χ1n) is 8.66. The first-order chi connectivity index (χ1) is 11.8. The molecule has 7 heteroatoms. The summed E-state index contributed by atoms with van der Waals surface area (Å²) in [5, 5.41) is 0.594. The van der Waals surface area contributed by atoms with Gasteiger partial charge in [-0.2, -0.15) is 4.99 Å². The van der Waals surface area contributed by atoms with E-state index in [1.807, 2.05) is 43.0 Å². The molecule has 0 radical (unpaired) electrons. The lowest BCUT2D eigenvalue weighted by Crippen LogP contribution is -2.38. The Bertz CT molecular complexity index is 802. The third-order valence-electron chi connectivity index (χ3n) is 4.50. The van der Waals surface area contributed by atoms with Crippen LogP contribution in [-0.2, 0) is 21.1 Å². The first-order valence-corrected chi connectivity index (χ1v) is 11.4. The molecule has 2 aliphatic heterocycles. The number of amides is 1. The van der Waals surface area contributed by atoms with E-state index in [1.165, 1.54) is 11.8 Å². The van der Waals surface area contributed by atoms with Crippen molar-refractivity contribution in [3.8, 4) is 0 Å². The van der Waals surface area contributed by atoms with Crippen LogP contribution in [0.2, 0.25) is 0 Å².